The minimum Gasteiger partial charge on any atom is -0.351 e. The summed E-state index contributed by atoms with van der Waals surface area (Å²) in [5, 5.41) is 4.26. The second-order valence-corrected chi connectivity index (χ2v) is 8.56. The van der Waals surface area contributed by atoms with E-state index in [0.717, 1.165) is 23.6 Å². The third-order valence-electron chi connectivity index (χ3n) is 5.71. The molecule has 0 radical (unpaired) electrons. The maximum Gasteiger partial charge on any atom is 0.224 e. The summed E-state index contributed by atoms with van der Waals surface area (Å²) in [6.07, 6.45) is 7.74. The fraction of sp³-hybridized carbons (Fsp3) is 0.938. The van der Waals surface area contributed by atoms with E-state index in [-0.39, 0.29) is 5.54 Å². The molecule has 108 valence electrons. The van der Waals surface area contributed by atoms with Crippen molar-refractivity contribution in [1.29, 1.82) is 0 Å². The van der Waals surface area contributed by atoms with Gasteiger partial charge in [-0.1, -0.05) is 15.9 Å². The third-order valence-corrected chi connectivity index (χ3v) is 6.11. The topological polar surface area (TPSA) is 29.1 Å². The van der Waals surface area contributed by atoms with Crippen LogP contribution in [-0.4, -0.2) is 16.8 Å². The molecule has 0 aliphatic heterocycles. The Morgan fingerprint density at radius 2 is 1.63 bits per heavy atom. The minimum absolute atomic E-state index is 0.0742. The molecule has 0 saturated heterocycles. The molecule has 4 fully saturated rings. The minimum atomic E-state index is -0.0742. The first kappa shape index (κ1) is 13.9. The van der Waals surface area contributed by atoms with Crippen molar-refractivity contribution in [3.8, 4) is 0 Å². The largest absolute Gasteiger partial charge is 0.351 e. The van der Waals surface area contributed by atoms with Gasteiger partial charge in [0.05, 0.1) is 0 Å². The molecule has 3 heteroatoms. The Labute approximate surface area is 125 Å². The number of rotatable bonds is 4. The highest BCUT2D eigenvalue weighted by atomic mass is 79.9. The summed E-state index contributed by atoms with van der Waals surface area (Å²) in [7, 11) is 0. The molecular formula is C16H26BrNO. The van der Waals surface area contributed by atoms with Gasteiger partial charge in [-0.3, -0.25) is 4.79 Å². The van der Waals surface area contributed by atoms with Gasteiger partial charge in [0, 0.05) is 16.8 Å². The third kappa shape index (κ3) is 2.72. The van der Waals surface area contributed by atoms with Gasteiger partial charge in [-0.2, -0.15) is 0 Å². The van der Waals surface area contributed by atoms with Crippen LogP contribution < -0.4 is 5.32 Å². The summed E-state index contributed by atoms with van der Waals surface area (Å²) >= 11 is 3.48. The Morgan fingerprint density at radius 1 is 1.11 bits per heavy atom. The smallest absolute Gasteiger partial charge is 0.224 e. The summed E-state index contributed by atoms with van der Waals surface area (Å²) < 4.78 is 0. The second-order valence-electron chi connectivity index (χ2n) is 7.77. The van der Waals surface area contributed by atoms with Gasteiger partial charge in [0.25, 0.3) is 0 Å². The molecule has 0 aromatic carbocycles. The molecular weight excluding hydrogens is 302 g/mol. The van der Waals surface area contributed by atoms with Crippen LogP contribution in [-0.2, 0) is 4.79 Å². The molecule has 4 aliphatic rings. The number of carbonyl (C=O) groups is 1. The number of hydrogen-bond donors (Lipinski definition) is 1. The van der Waals surface area contributed by atoms with E-state index in [1.807, 2.05) is 0 Å². The Balaban J connectivity index is 1.67. The molecule has 2 nitrogen and oxygen atoms in total. The van der Waals surface area contributed by atoms with Gasteiger partial charge in [-0.15, -0.1) is 0 Å². The lowest BCUT2D eigenvalue weighted by molar-refractivity contribution is -0.139. The van der Waals surface area contributed by atoms with Crippen LogP contribution in [0.3, 0.4) is 0 Å². The number of alkyl halides is 1. The van der Waals surface area contributed by atoms with E-state index in [2.05, 4.69) is 35.1 Å². The fourth-order valence-electron chi connectivity index (χ4n) is 5.07. The zero-order chi connectivity index (χ0) is 13.6. The first-order chi connectivity index (χ1) is 8.98. The van der Waals surface area contributed by atoms with Crippen LogP contribution in [0.1, 0.15) is 52.4 Å². The first-order valence-corrected chi connectivity index (χ1v) is 8.98. The number of carbonyl (C=O) groups excluding carboxylic acids is 1. The van der Waals surface area contributed by atoms with Gasteiger partial charge in [0.15, 0.2) is 0 Å². The molecule has 0 heterocycles. The van der Waals surface area contributed by atoms with E-state index in [1.54, 1.807) is 0 Å². The van der Waals surface area contributed by atoms with Crippen molar-refractivity contribution in [2.75, 3.05) is 5.33 Å². The fourth-order valence-corrected chi connectivity index (χ4v) is 6.06. The van der Waals surface area contributed by atoms with Crippen LogP contribution in [0.25, 0.3) is 0 Å². The number of hydrogen-bond acceptors (Lipinski definition) is 1. The summed E-state index contributed by atoms with van der Waals surface area (Å²) in [6, 6.07) is 0. The van der Waals surface area contributed by atoms with Crippen molar-refractivity contribution in [1.82, 2.24) is 5.32 Å². The van der Waals surface area contributed by atoms with E-state index in [1.165, 1.54) is 32.1 Å². The van der Waals surface area contributed by atoms with Gasteiger partial charge in [0.1, 0.15) is 0 Å². The molecule has 1 N–H and O–H groups in total. The van der Waals surface area contributed by atoms with Gasteiger partial charge >= 0.3 is 0 Å². The molecule has 0 unspecified atom stereocenters. The zero-order valence-electron chi connectivity index (χ0n) is 12.1. The van der Waals surface area contributed by atoms with E-state index in [4.69, 9.17) is 0 Å². The van der Waals surface area contributed by atoms with Gasteiger partial charge < -0.3 is 5.32 Å². The molecule has 19 heavy (non-hydrogen) atoms. The highest BCUT2D eigenvalue weighted by Crippen LogP contribution is 2.56. The molecule has 4 saturated carbocycles. The molecule has 1 amide bonds. The molecule has 0 aromatic heterocycles. The van der Waals surface area contributed by atoms with Gasteiger partial charge in [0.2, 0.25) is 5.91 Å². The monoisotopic (exact) mass is 327 g/mol. The lowest BCUT2D eigenvalue weighted by Crippen LogP contribution is -2.54. The maximum atomic E-state index is 12.7. The molecule has 4 aliphatic carbocycles. The molecule has 4 bridgehead atoms. The Kier molecular flexibility index (Phi) is 3.70. The van der Waals surface area contributed by atoms with E-state index in [9.17, 15) is 4.79 Å². The SMILES string of the molecule is CC(C)(CCBr)NC(=O)C1C2CC3CC(C2)CC1C3. The van der Waals surface area contributed by atoms with Crippen LogP contribution in [0.5, 0.6) is 0 Å². The van der Waals surface area contributed by atoms with Crippen LogP contribution in [0.2, 0.25) is 0 Å². The van der Waals surface area contributed by atoms with Crippen LogP contribution in [0.4, 0.5) is 0 Å². The zero-order valence-corrected chi connectivity index (χ0v) is 13.7. The first-order valence-electron chi connectivity index (χ1n) is 7.86. The summed E-state index contributed by atoms with van der Waals surface area (Å²) in [5.74, 6) is 3.94. The number of amides is 1. The summed E-state index contributed by atoms with van der Waals surface area (Å²) in [4.78, 5) is 12.7. The van der Waals surface area contributed by atoms with Gasteiger partial charge in [-0.05, 0) is 76.0 Å². The van der Waals surface area contributed by atoms with E-state index in [0.29, 0.717) is 23.7 Å². The average molecular weight is 328 g/mol. The normalized spacial score (nSPS) is 40.5. The van der Waals surface area contributed by atoms with Gasteiger partial charge in [-0.25, -0.2) is 0 Å². The quantitative estimate of drug-likeness (QED) is 0.783. The lowest BCUT2D eigenvalue weighted by atomic mass is 9.51. The van der Waals surface area contributed by atoms with Crippen molar-refractivity contribution in [2.45, 2.75) is 57.9 Å². The molecule has 0 spiro atoms. The summed E-state index contributed by atoms with van der Waals surface area (Å²) in [6.45, 7) is 4.28. The van der Waals surface area contributed by atoms with Crippen molar-refractivity contribution in [2.24, 2.45) is 29.6 Å². The Bertz CT molecular complexity index is 338. The number of halogens is 1. The molecule has 0 atom stereocenters. The predicted molar refractivity (Wildman–Crippen MR) is 81.2 cm³/mol. The predicted octanol–water partition coefficient (Wildman–Crippen LogP) is 3.74. The Hall–Kier alpha value is -0.0500. The van der Waals surface area contributed by atoms with Crippen LogP contribution in [0, 0.1) is 29.6 Å². The maximum absolute atomic E-state index is 12.7. The van der Waals surface area contributed by atoms with Crippen molar-refractivity contribution < 1.29 is 4.79 Å². The average Bonchev–Trinajstić information content (AvgIpc) is 2.25. The second kappa shape index (κ2) is 5.05. The van der Waals surface area contributed by atoms with Crippen molar-refractivity contribution in [3.05, 3.63) is 0 Å². The van der Waals surface area contributed by atoms with E-state index < -0.39 is 0 Å². The summed E-state index contributed by atoms with van der Waals surface area (Å²) in [5.41, 5.74) is -0.0742. The van der Waals surface area contributed by atoms with Crippen molar-refractivity contribution >= 4 is 21.8 Å². The highest BCUT2D eigenvalue weighted by molar-refractivity contribution is 9.09. The molecule has 4 rings (SSSR count). The van der Waals surface area contributed by atoms with Crippen LogP contribution in [0.15, 0.2) is 0 Å². The molecule has 0 aromatic rings. The standard InChI is InChI=1S/C16H26BrNO/c1-16(2,3-4-17)18-15(19)14-12-6-10-5-11(8-12)9-13(14)7-10/h10-14H,3-9H2,1-2H3,(H,18,19). The van der Waals surface area contributed by atoms with E-state index >= 15 is 0 Å². The number of nitrogens with one attached hydrogen (secondary N) is 1. The Morgan fingerprint density at radius 3 is 2.11 bits per heavy atom. The highest BCUT2D eigenvalue weighted by Gasteiger charge is 2.51. The van der Waals surface area contributed by atoms with Crippen molar-refractivity contribution in [3.63, 3.8) is 0 Å². The van der Waals surface area contributed by atoms with Crippen LogP contribution >= 0.6 is 15.9 Å². The lowest BCUT2D eigenvalue weighted by Gasteiger charge is -2.54.